The third-order valence-corrected chi connectivity index (χ3v) is 8.78. The van der Waals surface area contributed by atoms with Gasteiger partial charge in [0.1, 0.15) is 0 Å². The van der Waals surface area contributed by atoms with Crippen LogP contribution in [-0.2, 0) is 4.74 Å². The fraction of sp³-hybridized carbons (Fsp3) is 1.00. The van der Waals surface area contributed by atoms with Crippen molar-refractivity contribution >= 4 is 0 Å². The van der Waals surface area contributed by atoms with Crippen molar-refractivity contribution in [3.8, 4) is 0 Å². The third kappa shape index (κ3) is 1.93. The molecule has 0 amide bonds. The fourth-order valence-corrected chi connectivity index (χ4v) is 7.15. The van der Waals surface area contributed by atoms with E-state index in [0.717, 1.165) is 23.7 Å². The van der Waals surface area contributed by atoms with E-state index in [1.54, 1.807) is 0 Å². The SMILES string of the molecule is CC1C(C)(C)C2CCC3CC3(OC3CCCCC3)C2C1(C)C. The topological polar surface area (TPSA) is 9.23 Å². The third-order valence-electron chi connectivity index (χ3n) is 8.78. The molecule has 0 aromatic rings. The summed E-state index contributed by atoms with van der Waals surface area (Å²) in [5, 5.41) is 0. The Morgan fingerprint density at radius 1 is 0.818 bits per heavy atom. The lowest BCUT2D eigenvalue weighted by Gasteiger charge is -2.45. The molecule has 4 aliphatic rings. The maximum atomic E-state index is 6.99. The molecule has 0 aliphatic heterocycles. The van der Waals surface area contributed by atoms with Crippen LogP contribution in [0.1, 0.15) is 86.0 Å². The minimum Gasteiger partial charge on any atom is -0.371 e. The van der Waals surface area contributed by atoms with Crippen LogP contribution in [0.15, 0.2) is 0 Å². The van der Waals surface area contributed by atoms with Gasteiger partial charge in [-0.05, 0) is 66.6 Å². The van der Waals surface area contributed by atoms with Gasteiger partial charge in [0.15, 0.2) is 0 Å². The molecule has 5 atom stereocenters. The highest BCUT2D eigenvalue weighted by molar-refractivity contribution is 5.22. The molecule has 4 rings (SSSR count). The second kappa shape index (κ2) is 4.74. The zero-order chi connectivity index (χ0) is 15.8. The van der Waals surface area contributed by atoms with Crippen LogP contribution in [0, 0.1) is 34.5 Å². The van der Waals surface area contributed by atoms with Gasteiger partial charge >= 0.3 is 0 Å². The van der Waals surface area contributed by atoms with Gasteiger partial charge in [-0.1, -0.05) is 53.9 Å². The molecule has 0 saturated heterocycles. The maximum Gasteiger partial charge on any atom is 0.0755 e. The molecule has 4 saturated carbocycles. The van der Waals surface area contributed by atoms with Crippen LogP contribution in [0.25, 0.3) is 0 Å². The van der Waals surface area contributed by atoms with Crippen molar-refractivity contribution in [2.45, 2.75) is 97.7 Å². The minimum absolute atomic E-state index is 0.274. The molecule has 0 heterocycles. The van der Waals surface area contributed by atoms with Crippen molar-refractivity contribution in [3.63, 3.8) is 0 Å². The first-order chi connectivity index (χ1) is 10.3. The van der Waals surface area contributed by atoms with Gasteiger partial charge in [0, 0.05) is 0 Å². The first-order valence-electron chi connectivity index (χ1n) is 9.98. The van der Waals surface area contributed by atoms with Crippen LogP contribution < -0.4 is 0 Å². The van der Waals surface area contributed by atoms with Crippen LogP contribution in [0.3, 0.4) is 0 Å². The summed E-state index contributed by atoms with van der Waals surface area (Å²) in [5.41, 5.74) is 1.18. The number of rotatable bonds is 2. The van der Waals surface area contributed by atoms with Crippen molar-refractivity contribution in [2.75, 3.05) is 0 Å². The highest BCUT2D eigenvalue weighted by Gasteiger charge is 2.73. The van der Waals surface area contributed by atoms with E-state index in [-0.39, 0.29) is 5.60 Å². The van der Waals surface area contributed by atoms with Crippen LogP contribution in [0.2, 0.25) is 0 Å². The molecule has 0 radical (unpaired) electrons. The first kappa shape index (κ1) is 15.5. The zero-order valence-corrected chi connectivity index (χ0v) is 15.5. The van der Waals surface area contributed by atoms with Crippen LogP contribution in [-0.4, -0.2) is 11.7 Å². The summed E-state index contributed by atoms with van der Waals surface area (Å²) in [6, 6.07) is 0. The van der Waals surface area contributed by atoms with E-state index < -0.39 is 0 Å². The van der Waals surface area contributed by atoms with Crippen LogP contribution in [0.5, 0.6) is 0 Å². The second-order valence-electron chi connectivity index (χ2n) is 10.3. The molecule has 4 aliphatic carbocycles. The van der Waals surface area contributed by atoms with Crippen LogP contribution >= 0.6 is 0 Å². The highest BCUT2D eigenvalue weighted by Crippen LogP contribution is 2.74. The lowest BCUT2D eigenvalue weighted by atomic mass is 9.67. The number of hydrogen-bond donors (Lipinski definition) is 0. The Morgan fingerprint density at radius 2 is 1.50 bits per heavy atom. The summed E-state index contributed by atoms with van der Waals surface area (Å²) in [7, 11) is 0. The summed E-state index contributed by atoms with van der Waals surface area (Å²) in [6.07, 6.45) is 11.7. The van der Waals surface area contributed by atoms with Gasteiger partial charge in [0.05, 0.1) is 11.7 Å². The Balaban J connectivity index is 1.64. The van der Waals surface area contributed by atoms with Gasteiger partial charge in [-0.25, -0.2) is 0 Å². The van der Waals surface area contributed by atoms with Crippen molar-refractivity contribution in [1.29, 1.82) is 0 Å². The van der Waals surface area contributed by atoms with Crippen molar-refractivity contribution in [3.05, 3.63) is 0 Å². The van der Waals surface area contributed by atoms with Gasteiger partial charge in [0.2, 0.25) is 0 Å². The van der Waals surface area contributed by atoms with Gasteiger partial charge in [0.25, 0.3) is 0 Å². The molecule has 126 valence electrons. The lowest BCUT2D eigenvalue weighted by Crippen LogP contribution is -2.45. The Bertz CT molecular complexity index is 445. The molecule has 1 nitrogen and oxygen atoms in total. The Hall–Kier alpha value is -0.0400. The molecule has 1 heteroatoms. The Morgan fingerprint density at radius 3 is 2.18 bits per heavy atom. The van der Waals surface area contributed by atoms with Crippen molar-refractivity contribution < 1.29 is 4.74 Å². The monoisotopic (exact) mass is 304 g/mol. The summed E-state index contributed by atoms with van der Waals surface area (Å²) >= 11 is 0. The van der Waals surface area contributed by atoms with Gasteiger partial charge in [-0.3, -0.25) is 0 Å². The molecule has 0 aromatic heterocycles. The van der Waals surface area contributed by atoms with E-state index in [0.29, 0.717) is 16.9 Å². The predicted molar refractivity (Wildman–Crippen MR) is 91.7 cm³/mol. The smallest absolute Gasteiger partial charge is 0.0755 e. The van der Waals surface area contributed by atoms with Crippen LogP contribution in [0.4, 0.5) is 0 Å². The molecular formula is C21H36O. The molecule has 4 fully saturated rings. The Labute approximate surface area is 137 Å². The molecule has 0 spiro atoms. The minimum atomic E-state index is 0.274. The number of fused-ring (bicyclic) bond motifs is 3. The Kier molecular flexibility index (Phi) is 3.34. The fourth-order valence-electron chi connectivity index (χ4n) is 7.15. The molecule has 0 aromatic carbocycles. The van der Waals surface area contributed by atoms with Gasteiger partial charge < -0.3 is 4.74 Å². The summed E-state index contributed by atoms with van der Waals surface area (Å²) in [6.45, 7) is 12.7. The van der Waals surface area contributed by atoms with Gasteiger partial charge in [-0.15, -0.1) is 0 Å². The number of ether oxygens (including phenoxy) is 1. The largest absolute Gasteiger partial charge is 0.371 e. The highest BCUT2D eigenvalue weighted by atomic mass is 16.5. The quantitative estimate of drug-likeness (QED) is 0.624. The lowest BCUT2D eigenvalue weighted by molar-refractivity contribution is -0.129. The predicted octanol–water partition coefficient (Wildman–Crippen LogP) is 5.82. The average Bonchev–Trinajstić information content (AvgIpc) is 3.16. The standard InChI is InChI=1S/C21H36O/c1-14-19(2,3)17-12-11-15-13-21(15,18(17)20(14,4)5)22-16-9-7-6-8-10-16/h14-18H,6-13H2,1-5H3. The molecule has 5 unspecified atom stereocenters. The zero-order valence-electron chi connectivity index (χ0n) is 15.5. The normalized spacial score (nSPS) is 49.5. The van der Waals surface area contributed by atoms with E-state index in [1.807, 2.05) is 0 Å². The van der Waals surface area contributed by atoms with Crippen molar-refractivity contribution in [2.24, 2.45) is 34.5 Å². The maximum absolute atomic E-state index is 6.99. The summed E-state index contributed by atoms with van der Waals surface area (Å²) < 4.78 is 6.99. The van der Waals surface area contributed by atoms with Gasteiger partial charge in [-0.2, -0.15) is 0 Å². The van der Waals surface area contributed by atoms with E-state index in [1.165, 1.54) is 51.4 Å². The van der Waals surface area contributed by atoms with Crippen molar-refractivity contribution in [1.82, 2.24) is 0 Å². The van der Waals surface area contributed by atoms with E-state index >= 15 is 0 Å². The summed E-state index contributed by atoms with van der Waals surface area (Å²) in [4.78, 5) is 0. The number of hydrogen-bond acceptors (Lipinski definition) is 1. The molecule has 0 N–H and O–H groups in total. The van der Waals surface area contributed by atoms with E-state index in [2.05, 4.69) is 34.6 Å². The molecule has 22 heavy (non-hydrogen) atoms. The first-order valence-corrected chi connectivity index (χ1v) is 9.98. The average molecular weight is 305 g/mol. The van der Waals surface area contributed by atoms with E-state index in [4.69, 9.17) is 4.74 Å². The molecule has 0 bridgehead atoms. The van der Waals surface area contributed by atoms with E-state index in [9.17, 15) is 0 Å². The summed E-state index contributed by atoms with van der Waals surface area (Å²) in [5.74, 6) is 3.35. The molecular weight excluding hydrogens is 268 g/mol. The second-order valence-corrected chi connectivity index (χ2v) is 10.3.